The molecule has 0 bridgehead atoms. The minimum atomic E-state index is -4.68. The minimum Gasteiger partial charge on any atom is -0.494 e. The van der Waals surface area contributed by atoms with Gasteiger partial charge in [0.15, 0.2) is 0 Å². The first-order valence-electron chi connectivity index (χ1n) is 11.7. The lowest BCUT2D eigenvalue weighted by Crippen LogP contribution is -2.34. The Morgan fingerprint density at radius 2 is 1.61 bits per heavy atom. The van der Waals surface area contributed by atoms with E-state index in [-0.39, 0.29) is 41.0 Å². The molecule has 0 aliphatic carbocycles. The fourth-order valence-electron chi connectivity index (χ4n) is 3.58. The van der Waals surface area contributed by atoms with Crippen LogP contribution in [0.2, 0.25) is 0 Å². The van der Waals surface area contributed by atoms with Crippen LogP contribution >= 0.6 is 0 Å². The molecule has 0 aromatic heterocycles. The molecular weight excluding hydrogens is 523 g/mol. The number of carboxylic acid groups (broad SMARTS) is 1. The van der Waals surface area contributed by atoms with Gasteiger partial charge >= 0.3 is 12.1 Å². The van der Waals surface area contributed by atoms with E-state index in [9.17, 15) is 26.4 Å². The van der Waals surface area contributed by atoms with Crippen LogP contribution in [0, 0.1) is 5.92 Å². The largest absolute Gasteiger partial charge is 0.494 e. The first-order chi connectivity index (χ1) is 17.8. The third-order valence-corrected chi connectivity index (χ3v) is 7.20. The molecule has 0 heterocycles. The van der Waals surface area contributed by atoms with E-state index in [1.54, 1.807) is 20.8 Å². The Kier molecular flexibility index (Phi) is 8.93. The Morgan fingerprint density at radius 3 is 2.13 bits per heavy atom. The Hall–Kier alpha value is -3.73. The van der Waals surface area contributed by atoms with Crippen molar-refractivity contribution in [3.63, 3.8) is 0 Å². The summed E-state index contributed by atoms with van der Waals surface area (Å²) in [5.74, 6) is -1.10. The van der Waals surface area contributed by atoms with Crippen molar-refractivity contribution in [2.45, 2.75) is 38.4 Å². The van der Waals surface area contributed by atoms with Gasteiger partial charge in [-0.15, -0.1) is 0 Å². The number of benzene rings is 3. The fourth-order valence-corrected chi connectivity index (χ4v) is 5.21. The van der Waals surface area contributed by atoms with Gasteiger partial charge in [-0.1, -0.05) is 26.0 Å². The van der Waals surface area contributed by atoms with Gasteiger partial charge in [0.05, 0.1) is 28.3 Å². The van der Waals surface area contributed by atoms with Crippen LogP contribution in [0.4, 0.5) is 18.9 Å². The number of halogens is 3. The first-order valence-corrected chi connectivity index (χ1v) is 13.2. The number of anilines is 1. The molecule has 3 aromatic carbocycles. The second-order valence-corrected chi connectivity index (χ2v) is 10.7. The highest BCUT2D eigenvalue weighted by molar-refractivity contribution is 7.92. The van der Waals surface area contributed by atoms with E-state index in [2.05, 4.69) is 0 Å². The maximum atomic E-state index is 13.7. The van der Waals surface area contributed by atoms with Crippen molar-refractivity contribution in [3.05, 3.63) is 83.4 Å². The van der Waals surface area contributed by atoms with Gasteiger partial charge in [0.25, 0.3) is 10.0 Å². The van der Waals surface area contributed by atoms with Crippen molar-refractivity contribution >= 4 is 21.7 Å². The number of carbonyl (C=O) groups is 1. The zero-order valence-corrected chi connectivity index (χ0v) is 21.8. The molecule has 0 amide bonds. The van der Waals surface area contributed by atoms with Crippen LogP contribution in [0.25, 0.3) is 0 Å². The normalized spacial score (nSPS) is 11.9. The molecule has 0 saturated heterocycles. The molecule has 0 saturated carbocycles. The van der Waals surface area contributed by atoms with Gasteiger partial charge in [0.1, 0.15) is 18.1 Å². The number of aromatic carboxylic acids is 1. The lowest BCUT2D eigenvalue weighted by atomic mass is 10.1. The number of hydrogen-bond acceptors (Lipinski definition) is 5. The van der Waals surface area contributed by atoms with Crippen molar-refractivity contribution in [1.29, 1.82) is 0 Å². The molecule has 0 radical (unpaired) electrons. The summed E-state index contributed by atoms with van der Waals surface area (Å²) in [7, 11) is -4.20. The molecule has 204 valence electrons. The predicted molar refractivity (Wildman–Crippen MR) is 136 cm³/mol. The average molecular weight is 552 g/mol. The number of rotatable bonds is 11. The van der Waals surface area contributed by atoms with E-state index in [0.29, 0.717) is 17.9 Å². The van der Waals surface area contributed by atoms with E-state index >= 15 is 0 Å². The Bertz CT molecular complexity index is 1360. The Morgan fingerprint density at radius 1 is 0.974 bits per heavy atom. The molecule has 7 nitrogen and oxygen atoms in total. The fraction of sp³-hybridized carbons (Fsp3) is 0.296. The standard InChI is InChI=1S/C27H28F3NO6S/c1-4-36-22-10-12-23(13-11-22)38(34,35)31(16-18(2)3)24-14-9-21(27(28,29)30)15-25(24)37-17-19-5-7-20(8-6-19)26(32)33/h5-15,18H,4,16-17H2,1-3H3,(H,32,33). The van der Waals surface area contributed by atoms with Gasteiger partial charge in [-0.3, -0.25) is 4.31 Å². The van der Waals surface area contributed by atoms with E-state index in [1.165, 1.54) is 48.5 Å². The maximum Gasteiger partial charge on any atom is 0.416 e. The predicted octanol–water partition coefficient (Wildman–Crippen LogP) is 6.23. The summed E-state index contributed by atoms with van der Waals surface area (Å²) in [5, 5.41) is 9.06. The molecule has 3 rings (SSSR count). The van der Waals surface area contributed by atoms with E-state index in [1.807, 2.05) is 0 Å². The lowest BCUT2D eigenvalue weighted by Gasteiger charge is -2.28. The summed E-state index contributed by atoms with van der Waals surface area (Å²) in [4.78, 5) is 11.0. The van der Waals surface area contributed by atoms with Gasteiger partial charge < -0.3 is 14.6 Å². The number of nitrogens with zero attached hydrogens (tertiary/aromatic N) is 1. The van der Waals surface area contributed by atoms with Crippen molar-refractivity contribution in [3.8, 4) is 11.5 Å². The molecule has 11 heteroatoms. The third kappa shape index (κ3) is 6.97. The second-order valence-electron chi connectivity index (χ2n) is 8.81. The van der Waals surface area contributed by atoms with Crippen LogP contribution in [0.5, 0.6) is 11.5 Å². The van der Waals surface area contributed by atoms with Crippen LogP contribution in [-0.4, -0.2) is 32.6 Å². The van der Waals surface area contributed by atoms with Crippen LogP contribution in [-0.2, 0) is 22.8 Å². The number of alkyl halides is 3. The highest BCUT2D eigenvalue weighted by atomic mass is 32.2. The maximum absolute atomic E-state index is 13.7. The summed E-state index contributed by atoms with van der Waals surface area (Å²) >= 11 is 0. The van der Waals surface area contributed by atoms with Crippen LogP contribution in [0.15, 0.2) is 71.6 Å². The van der Waals surface area contributed by atoms with E-state index in [4.69, 9.17) is 14.6 Å². The lowest BCUT2D eigenvalue weighted by molar-refractivity contribution is -0.137. The van der Waals surface area contributed by atoms with Crippen molar-refractivity contribution in [1.82, 2.24) is 0 Å². The summed E-state index contributed by atoms with van der Waals surface area (Å²) in [6.07, 6.45) is -4.68. The average Bonchev–Trinajstić information content (AvgIpc) is 2.86. The molecule has 0 unspecified atom stereocenters. The zero-order valence-electron chi connectivity index (χ0n) is 21.0. The molecule has 0 spiro atoms. The van der Waals surface area contributed by atoms with Crippen molar-refractivity contribution < 1.29 is 41.0 Å². The molecular formula is C27H28F3NO6S. The topological polar surface area (TPSA) is 93.1 Å². The highest BCUT2D eigenvalue weighted by Crippen LogP contribution is 2.39. The second kappa shape index (κ2) is 11.8. The highest BCUT2D eigenvalue weighted by Gasteiger charge is 2.34. The molecule has 38 heavy (non-hydrogen) atoms. The summed E-state index contributed by atoms with van der Waals surface area (Å²) in [5.41, 5.74) is -0.524. The van der Waals surface area contributed by atoms with Crippen LogP contribution in [0.3, 0.4) is 0 Å². The minimum absolute atomic E-state index is 0.0232. The first kappa shape index (κ1) is 28.8. The van der Waals surface area contributed by atoms with Crippen molar-refractivity contribution in [2.75, 3.05) is 17.5 Å². The van der Waals surface area contributed by atoms with Crippen LogP contribution in [0.1, 0.15) is 42.3 Å². The SMILES string of the molecule is CCOc1ccc(S(=O)(=O)N(CC(C)C)c2ccc(C(F)(F)F)cc2OCc2ccc(C(=O)O)cc2)cc1. The number of hydrogen-bond donors (Lipinski definition) is 1. The monoisotopic (exact) mass is 551 g/mol. The Labute approximate surface area is 219 Å². The van der Waals surface area contributed by atoms with Crippen molar-refractivity contribution in [2.24, 2.45) is 5.92 Å². The van der Waals surface area contributed by atoms with Gasteiger partial charge in [0, 0.05) is 6.54 Å². The molecule has 0 fully saturated rings. The summed E-state index contributed by atoms with van der Waals surface area (Å²) in [6.45, 7) is 5.53. The van der Waals surface area contributed by atoms with Gasteiger partial charge in [-0.25, -0.2) is 13.2 Å². The summed E-state index contributed by atoms with van der Waals surface area (Å²) in [6, 6.07) is 14.1. The molecule has 0 aliphatic heterocycles. The molecule has 3 aromatic rings. The van der Waals surface area contributed by atoms with Crippen LogP contribution < -0.4 is 13.8 Å². The molecule has 1 N–H and O–H groups in total. The zero-order chi connectivity index (χ0) is 28.1. The summed E-state index contributed by atoms with van der Waals surface area (Å²) < 4.78 is 80.2. The van der Waals surface area contributed by atoms with E-state index in [0.717, 1.165) is 22.5 Å². The van der Waals surface area contributed by atoms with E-state index < -0.39 is 27.7 Å². The smallest absolute Gasteiger partial charge is 0.416 e. The third-order valence-electron chi connectivity index (χ3n) is 5.40. The van der Waals surface area contributed by atoms with Gasteiger partial charge in [0.2, 0.25) is 0 Å². The number of sulfonamides is 1. The molecule has 0 atom stereocenters. The van der Waals surface area contributed by atoms with Gasteiger partial charge in [-0.2, -0.15) is 13.2 Å². The quantitative estimate of drug-likeness (QED) is 0.304. The molecule has 0 aliphatic rings. The Balaban J connectivity index is 2.05. The van der Waals surface area contributed by atoms with Gasteiger partial charge in [-0.05, 0) is 73.0 Å². The number of ether oxygens (including phenoxy) is 2. The number of carboxylic acids is 1.